The third-order valence-corrected chi connectivity index (χ3v) is 17.9. The largest absolute Gasteiger partial charge is 0.454 e. The SMILES string of the molecule is CC(=O)O[C@H]1[C@H](O[C@H]2C[C@@H]3[C@]4(CC[C@]5(C)[C@@H]([C@@]6(C)CC[C@@H](C(C)(C)O)O6)[C@@H](O)C[C@@]35C)C[C@@]43CC[C@H](O[C@@H]4OC[C@@H](O)[C@H](O)[C@H]4O)C(C)(C)[C@H]23)O[C@@H](C)[C@H](O)[C@H]1O. The van der Waals surface area contributed by atoms with E-state index in [1.807, 2.05) is 0 Å². The van der Waals surface area contributed by atoms with Crippen molar-refractivity contribution in [2.45, 2.75) is 211 Å². The molecule has 0 radical (unpaired) electrons. The number of rotatable bonds is 7. The standard InChI is InChI=1S/C43H70O14/c1-20-28(47)30(49)32(54-21(2)44)36(53-20)55-24-16-25-40(8)17-22(45)33(41(9)12-10-27(57-41)38(5,6)51)39(40,7)14-15-42(25)19-43(42)13-11-26(37(3,4)34(24)43)56-35-31(50)29(48)23(46)18-52-35/h20,22-36,45-51H,10-19H2,1-9H3/t20-,22-,23+,24-,25-,26-,27-,28-,29-,30+,31+,32+,33-,34-,35-,36-,39+,40-,41+,42-,43+/m0/s1. The molecular formula is C43H70O14. The lowest BCUT2D eigenvalue weighted by atomic mass is 9.41. The first-order valence-corrected chi connectivity index (χ1v) is 21.6. The molecule has 2 spiro atoms. The first kappa shape index (κ1) is 42.7. The molecule has 8 fully saturated rings. The minimum absolute atomic E-state index is 0.0530. The molecular weight excluding hydrogens is 740 g/mol. The quantitative estimate of drug-likeness (QED) is 0.145. The highest BCUT2D eigenvalue weighted by atomic mass is 16.7. The van der Waals surface area contributed by atoms with Gasteiger partial charge in [-0.1, -0.05) is 27.7 Å². The van der Waals surface area contributed by atoms with Crippen LogP contribution in [0, 0.1) is 44.8 Å². The van der Waals surface area contributed by atoms with E-state index in [4.69, 9.17) is 28.4 Å². The number of esters is 1. The lowest BCUT2D eigenvalue weighted by molar-refractivity contribution is -0.336. The van der Waals surface area contributed by atoms with E-state index in [1.54, 1.807) is 20.8 Å². The summed E-state index contributed by atoms with van der Waals surface area (Å²) >= 11 is 0. The Morgan fingerprint density at radius 1 is 0.772 bits per heavy atom. The summed E-state index contributed by atoms with van der Waals surface area (Å²) in [5.41, 5.74) is -3.09. The van der Waals surface area contributed by atoms with Crippen LogP contribution in [0.1, 0.15) is 120 Å². The summed E-state index contributed by atoms with van der Waals surface area (Å²) in [7, 11) is 0. The molecule has 0 unspecified atom stereocenters. The summed E-state index contributed by atoms with van der Waals surface area (Å²) in [5.74, 6) is -0.803. The predicted molar refractivity (Wildman–Crippen MR) is 202 cm³/mol. The first-order valence-electron chi connectivity index (χ1n) is 21.6. The lowest BCUT2D eigenvalue weighted by Gasteiger charge is -2.65. The van der Waals surface area contributed by atoms with Gasteiger partial charge < -0.3 is 64.2 Å². The Labute approximate surface area is 336 Å². The molecule has 14 nitrogen and oxygen atoms in total. The van der Waals surface area contributed by atoms with Gasteiger partial charge in [0.05, 0.1) is 48.3 Å². The summed E-state index contributed by atoms with van der Waals surface area (Å²) in [4.78, 5) is 12.4. The highest BCUT2D eigenvalue weighted by Crippen LogP contribution is 2.89. The van der Waals surface area contributed by atoms with Gasteiger partial charge in [-0.25, -0.2) is 0 Å². The Kier molecular flexibility index (Phi) is 10.3. The van der Waals surface area contributed by atoms with Crippen molar-refractivity contribution in [3.8, 4) is 0 Å². The number of fused-ring (bicyclic) bond motifs is 2. The van der Waals surface area contributed by atoms with Crippen molar-refractivity contribution in [3.63, 3.8) is 0 Å². The van der Waals surface area contributed by atoms with Crippen molar-refractivity contribution >= 4 is 5.97 Å². The van der Waals surface area contributed by atoms with Crippen LogP contribution in [0.25, 0.3) is 0 Å². The van der Waals surface area contributed by atoms with Gasteiger partial charge in [0.1, 0.15) is 30.5 Å². The second kappa shape index (κ2) is 13.7. The highest BCUT2D eigenvalue weighted by molar-refractivity contribution is 5.66. The van der Waals surface area contributed by atoms with E-state index < -0.39 is 96.2 Å². The molecule has 5 aliphatic carbocycles. The second-order valence-corrected chi connectivity index (χ2v) is 21.6. The van der Waals surface area contributed by atoms with Gasteiger partial charge in [0.15, 0.2) is 18.7 Å². The molecule has 3 heterocycles. The predicted octanol–water partition coefficient (Wildman–Crippen LogP) is 2.32. The minimum atomic E-state index is -1.44. The van der Waals surface area contributed by atoms with Gasteiger partial charge in [0, 0.05) is 12.8 Å². The number of carbonyl (C=O) groups excluding carboxylic acids is 1. The van der Waals surface area contributed by atoms with E-state index in [9.17, 15) is 40.5 Å². The van der Waals surface area contributed by atoms with Crippen LogP contribution in [0.3, 0.4) is 0 Å². The average Bonchev–Trinajstić information content (AvgIpc) is 3.47. The molecule has 326 valence electrons. The monoisotopic (exact) mass is 810 g/mol. The zero-order valence-corrected chi connectivity index (χ0v) is 35.3. The second-order valence-electron chi connectivity index (χ2n) is 21.6. The number of carbonyl (C=O) groups is 1. The van der Waals surface area contributed by atoms with Crippen molar-refractivity contribution in [2.75, 3.05) is 6.61 Å². The first-order chi connectivity index (χ1) is 26.4. The molecule has 21 atom stereocenters. The maximum atomic E-state index is 12.4. The van der Waals surface area contributed by atoms with Gasteiger partial charge in [0.25, 0.3) is 0 Å². The third kappa shape index (κ3) is 6.11. The van der Waals surface area contributed by atoms with Crippen LogP contribution in [0.4, 0.5) is 0 Å². The van der Waals surface area contributed by atoms with Gasteiger partial charge in [0.2, 0.25) is 0 Å². The third-order valence-electron chi connectivity index (χ3n) is 17.9. The number of ether oxygens (including phenoxy) is 6. The zero-order chi connectivity index (χ0) is 41.6. The van der Waals surface area contributed by atoms with Crippen LogP contribution in [0.15, 0.2) is 0 Å². The van der Waals surface area contributed by atoms with Crippen LogP contribution >= 0.6 is 0 Å². The van der Waals surface area contributed by atoms with Crippen molar-refractivity contribution in [2.24, 2.45) is 44.8 Å². The van der Waals surface area contributed by atoms with E-state index in [2.05, 4.69) is 34.6 Å². The molecule has 0 aromatic heterocycles. The molecule has 57 heavy (non-hydrogen) atoms. The topological polar surface area (TPSA) is 214 Å². The number of hydrogen-bond acceptors (Lipinski definition) is 14. The van der Waals surface area contributed by atoms with E-state index in [0.29, 0.717) is 25.7 Å². The van der Waals surface area contributed by atoms with Crippen molar-refractivity contribution in [3.05, 3.63) is 0 Å². The fourth-order valence-corrected chi connectivity index (χ4v) is 15.1. The van der Waals surface area contributed by atoms with Crippen LogP contribution < -0.4 is 0 Å². The van der Waals surface area contributed by atoms with Gasteiger partial charge >= 0.3 is 5.97 Å². The summed E-state index contributed by atoms with van der Waals surface area (Å²) in [6, 6.07) is 0. The Bertz CT molecular complexity index is 1550. The molecule has 3 aliphatic heterocycles. The van der Waals surface area contributed by atoms with Crippen LogP contribution in [-0.4, -0.2) is 139 Å². The minimum Gasteiger partial charge on any atom is -0.454 e. The number of hydrogen-bond donors (Lipinski definition) is 7. The molecule has 0 aromatic carbocycles. The smallest absolute Gasteiger partial charge is 0.303 e. The van der Waals surface area contributed by atoms with Crippen molar-refractivity contribution in [1.29, 1.82) is 0 Å². The number of aliphatic hydroxyl groups is 7. The molecule has 7 N–H and O–H groups in total. The van der Waals surface area contributed by atoms with E-state index in [1.165, 1.54) is 6.92 Å². The van der Waals surface area contributed by atoms with E-state index >= 15 is 0 Å². The average molecular weight is 811 g/mol. The van der Waals surface area contributed by atoms with E-state index in [-0.39, 0.29) is 52.1 Å². The fourth-order valence-electron chi connectivity index (χ4n) is 15.1. The molecule has 8 rings (SSSR count). The Morgan fingerprint density at radius 2 is 1.47 bits per heavy atom. The summed E-state index contributed by atoms with van der Waals surface area (Å²) in [6.07, 6.45) is -6.10. The van der Waals surface area contributed by atoms with Crippen LogP contribution in [-0.2, 0) is 33.2 Å². The summed E-state index contributed by atoms with van der Waals surface area (Å²) < 4.78 is 38.1. The molecule has 0 aromatic rings. The normalized spacial score (nSPS) is 56.9. The van der Waals surface area contributed by atoms with Crippen molar-refractivity contribution in [1.82, 2.24) is 0 Å². The molecule has 8 aliphatic rings. The summed E-state index contributed by atoms with van der Waals surface area (Å²) in [6.45, 7) is 17.4. The van der Waals surface area contributed by atoms with Crippen LogP contribution in [0.5, 0.6) is 0 Å². The highest BCUT2D eigenvalue weighted by Gasteiger charge is 2.85. The zero-order valence-electron chi connectivity index (χ0n) is 35.3. The molecule has 14 heteroatoms. The maximum absolute atomic E-state index is 12.4. The molecule has 0 bridgehead atoms. The Hall–Kier alpha value is -1.01. The maximum Gasteiger partial charge on any atom is 0.303 e. The van der Waals surface area contributed by atoms with Gasteiger partial charge in [-0.2, -0.15) is 0 Å². The summed E-state index contributed by atoms with van der Waals surface area (Å²) in [5, 5.41) is 76.8. The van der Waals surface area contributed by atoms with Crippen LogP contribution in [0.2, 0.25) is 0 Å². The molecule has 5 saturated carbocycles. The van der Waals surface area contributed by atoms with Gasteiger partial charge in [-0.3, -0.25) is 4.79 Å². The molecule has 3 saturated heterocycles. The Balaban J connectivity index is 1.16. The van der Waals surface area contributed by atoms with E-state index in [0.717, 1.165) is 32.1 Å². The lowest BCUT2D eigenvalue weighted by Crippen LogP contribution is -2.65. The van der Waals surface area contributed by atoms with Crippen molar-refractivity contribution < 1.29 is 69.0 Å². The van der Waals surface area contributed by atoms with Gasteiger partial charge in [-0.15, -0.1) is 0 Å². The fraction of sp³-hybridized carbons (Fsp3) is 0.977. The Morgan fingerprint density at radius 3 is 2.12 bits per heavy atom. The number of aliphatic hydroxyl groups excluding tert-OH is 6. The molecule has 0 amide bonds. The van der Waals surface area contributed by atoms with Gasteiger partial charge in [-0.05, 0) is 124 Å².